The molecule has 0 unspecified atom stereocenters. The molecule has 0 bridgehead atoms. The quantitative estimate of drug-likeness (QED) is 0.224. The number of para-hydroxylation sites is 1. The third-order valence-electron chi connectivity index (χ3n) is 5.82. The highest BCUT2D eigenvalue weighted by Gasteiger charge is 2.14. The first-order valence-corrected chi connectivity index (χ1v) is 11.8. The Morgan fingerprint density at radius 1 is 0.811 bits per heavy atom. The first-order valence-electron chi connectivity index (χ1n) is 11.8. The molecule has 2 N–H and O–H groups in total. The van der Waals surface area contributed by atoms with Gasteiger partial charge in [-0.05, 0) is 67.4 Å². The number of carboxylic acids is 1. The second-order valence-electron chi connectivity index (χ2n) is 8.47. The molecule has 7 heteroatoms. The van der Waals surface area contributed by atoms with Crippen LogP contribution in [0.15, 0.2) is 78.9 Å². The summed E-state index contributed by atoms with van der Waals surface area (Å²) in [5, 5.41) is 19.8. The summed E-state index contributed by atoms with van der Waals surface area (Å²) < 4.78 is 30.9. The molecule has 0 atom stereocenters. The van der Waals surface area contributed by atoms with Crippen LogP contribution in [0.5, 0.6) is 28.7 Å². The van der Waals surface area contributed by atoms with Crippen molar-refractivity contribution in [2.45, 2.75) is 20.3 Å². The zero-order valence-corrected chi connectivity index (χ0v) is 20.5. The molecule has 4 aromatic carbocycles. The lowest BCUT2D eigenvalue weighted by Gasteiger charge is -2.15. The number of aryl methyl sites for hydroxylation is 1. The number of aromatic hydroxyl groups is 1. The van der Waals surface area contributed by atoms with Gasteiger partial charge in [0.2, 0.25) is 0 Å². The summed E-state index contributed by atoms with van der Waals surface area (Å²) in [5.41, 5.74) is 3.00. The number of rotatable bonds is 10. The molecule has 0 spiro atoms. The van der Waals surface area contributed by atoms with E-state index >= 15 is 0 Å². The lowest BCUT2D eigenvalue weighted by molar-refractivity contribution is 0.0694. The van der Waals surface area contributed by atoms with Crippen molar-refractivity contribution < 1.29 is 33.6 Å². The Hall–Kier alpha value is -4.52. The average Bonchev–Trinajstić information content (AvgIpc) is 2.88. The van der Waals surface area contributed by atoms with Gasteiger partial charge in [0.1, 0.15) is 40.1 Å². The van der Waals surface area contributed by atoms with E-state index in [-0.39, 0.29) is 22.9 Å². The van der Waals surface area contributed by atoms with Crippen LogP contribution >= 0.6 is 0 Å². The summed E-state index contributed by atoms with van der Waals surface area (Å²) in [4.78, 5) is 11.5. The fourth-order valence-corrected chi connectivity index (χ4v) is 3.83. The Morgan fingerprint density at radius 3 is 2.19 bits per heavy atom. The molecule has 4 rings (SSSR count). The highest BCUT2D eigenvalue weighted by atomic mass is 19.1. The van der Waals surface area contributed by atoms with Crippen LogP contribution in [0.1, 0.15) is 27.9 Å². The normalized spacial score (nSPS) is 10.7. The second-order valence-corrected chi connectivity index (χ2v) is 8.47. The highest BCUT2D eigenvalue weighted by Crippen LogP contribution is 2.36. The molecule has 0 aliphatic heterocycles. The zero-order chi connectivity index (χ0) is 26.4. The molecular formula is C30H27FO6. The van der Waals surface area contributed by atoms with Crippen LogP contribution in [0.4, 0.5) is 4.39 Å². The second kappa shape index (κ2) is 11.5. The number of phenols is 1. The number of hydrogen-bond donors (Lipinski definition) is 2. The highest BCUT2D eigenvalue weighted by molar-refractivity contribution is 5.91. The Balaban J connectivity index is 1.33. The number of halogens is 1. The van der Waals surface area contributed by atoms with E-state index in [1.165, 1.54) is 18.2 Å². The maximum absolute atomic E-state index is 13.2. The van der Waals surface area contributed by atoms with Crippen LogP contribution in [0.3, 0.4) is 0 Å². The molecule has 4 aromatic rings. The predicted octanol–water partition coefficient (Wildman–Crippen LogP) is 7.15. The van der Waals surface area contributed by atoms with Crippen molar-refractivity contribution in [3.63, 3.8) is 0 Å². The molecule has 0 amide bonds. The molecule has 0 fully saturated rings. The van der Waals surface area contributed by atoms with Gasteiger partial charge >= 0.3 is 5.97 Å². The summed E-state index contributed by atoms with van der Waals surface area (Å²) in [5.74, 6) is 0.618. The zero-order valence-electron chi connectivity index (χ0n) is 20.5. The first-order chi connectivity index (χ1) is 17.8. The number of benzene rings is 4. The Bertz CT molecular complexity index is 1400. The van der Waals surface area contributed by atoms with E-state index in [0.29, 0.717) is 42.4 Å². The van der Waals surface area contributed by atoms with E-state index in [1.807, 2.05) is 26.0 Å². The smallest absolute Gasteiger partial charge is 0.339 e. The van der Waals surface area contributed by atoms with Crippen LogP contribution in [-0.4, -0.2) is 29.4 Å². The molecule has 0 radical (unpaired) electrons. The predicted molar refractivity (Wildman–Crippen MR) is 138 cm³/mol. The number of carbonyl (C=O) groups is 1. The van der Waals surface area contributed by atoms with E-state index < -0.39 is 5.97 Å². The van der Waals surface area contributed by atoms with Crippen LogP contribution in [0, 0.1) is 19.7 Å². The van der Waals surface area contributed by atoms with Gasteiger partial charge < -0.3 is 24.4 Å². The molecule has 0 heterocycles. The van der Waals surface area contributed by atoms with Gasteiger partial charge in [-0.2, -0.15) is 0 Å². The number of phenolic OH excluding ortho intramolecular Hbond substituents is 1. The first kappa shape index (κ1) is 25.6. The Kier molecular flexibility index (Phi) is 7.93. The molecule has 37 heavy (non-hydrogen) atoms. The molecule has 0 aliphatic carbocycles. The van der Waals surface area contributed by atoms with Crippen molar-refractivity contribution in [3.05, 3.63) is 101 Å². The minimum absolute atomic E-state index is 0.0559. The van der Waals surface area contributed by atoms with E-state index in [2.05, 4.69) is 0 Å². The van der Waals surface area contributed by atoms with Crippen LogP contribution in [0.2, 0.25) is 0 Å². The maximum atomic E-state index is 13.2. The Labute approximate surface area is 214 Å². The average molecular weight is 503 g/mol. The maximum Gasteiger partial charge on any atom is 0.339 e. The van der Waals surface area contributed by atoms with Crippen molar-refractivity contribution in [1.29, 1.82) is 0 Å². The molecule has 0 aliphatic rings. The van der Waals surface area contributed by atoms with Crippen LogP contribution in [-0.2, 0) is 0 Å². The van der Waals surface area contributed by atoms with Crippen molar-refractivity contribution >= 4 is 5.97 Å². The van der Waals surface area contributed by atoms with Gasteiger partial charge in [-0.25, -0.2) is 9.18 Å². The largest absolute Gasteiger partial charge is 0.507 e. The van der Waals surface area contributed by atoms with Crippen molar-refractivity contribution in [2.24, 2.45) is 0 Å². The summed E-state index contributed by atoms with van der Waals surface area (Å²) >= 11 is 0. The Morgan fingerprint density at radius 2 is 1.46 bits per heavy atom. The number of ether oxygens (including phenoxy) is 3. The van der Waals surface area contributed by atoms with Gasteiger partial charge in [0.25, 0.3) is 0 Å². The summed E-state index contributed by atoms with van der Waals surface area (Å²) in [6.07, 6.45) is 0.590. The lowest BCUT2D eigenvalue weighted by atomic mass is 10.0. The van der Waals surface area contributed by atoms with Crippen LogP contribution in [0.25, 0.3) is 11.1 Å². The van der Waals surface area contributed by atoms with Gasteiger partial charge in [0, 0.05) is 23.6 Å². The van der Waals surface area contributed by atoms with E-state index in [0.717, 1.165) is 16.7 Å². The SMILES string of the molecule is Cc1cc(-c2ccc(F)cc2)c(O)cc1OCCCOc1cccc(Oc2ccccc2C(=O)O)c1C. The third kappa shape index (κ3) is 6.19. The minimum atomic E-state index is -1.06. The van der Waals surface area contributed by atoms with Gasteiger partial charge in [-0.3, -0.25) is 0 Å². The molecule has 190 valence electrons. The standard InChI is InChI=1S/C30H27FO6/c1-19-17-24(21-11-13-22(31)14-12-21)25(32)18-29(19)36-16-6-15-35-26-9-5-10-27(20(26)2)37-28-8-4-3-7-23(28)30(33)34/h3-5,7-14,17-18,32H,6,15-16H2,1-2H3,(H,33,34). The minimum Gasteiger partial charge on any atom is -0.507 e. The van der Waals surface area contributed by atoms with Gasteiger partial charge in [0.05, 0.1) is 13.2 Å². The molecule has 6 nitrogen and oxygen atoms in total. The fraction of sp³-hybridized carbons (Fsp3) is 0.167. The van der Waals surface area contributed by atoms with Gasteiger partial charge in [-0.15, -0.1) is 0 Å². The van der Waals surface area contributed by atoms with Gasteiger partial charge in [-0.1, -0.05) is 30.3 Å². The molecule has 0 saturated carbocycles. The van der Waals surface area contributed by atoms with Crippen molar-refractivity contribution in [3.8, 4) is 39.9 Å². The number of aromatic carboxylic acids is 1. The summed E-state index contributed by atoms with van der Waals surface area (Å²) in [6, 6.07) is 21.2. The van der Waals surface area contributed by atoms with E-state index in [4.69, 9.17) is 14.2 Å². The monoisotopic (exact) mass is 502 g/mol. The van der Waals surface area contributed by atoms with Gasteiger partial charge in [0.15, 0.2) is 0 Å². The summed E-state index contributed by atoms with van der Waals surface area (Å²) in [7, 11) is 0. The molecular weight excluding hydrogens is 475 g/mol. The number of hydrogen-bond acceptors (Lipinski definition) is 5. The third-order valence-corrected chi connectivity index (χ3v) is 5.82. The summed E-state index contributed by atoms with van der Waals surface area (Å²) in [6.45, 7) is 4.49. The van der Waals surface area contributed by atoms with Crippen molar-refractivity contribution in [1.82, 2.24) is 0 Å². The van der Waals surface area contributed by atoms with E-state index in [9.17, 15) is 19.4 Å². The fourth-order valence-electron chi connectivity index (χ4n) is 3.83. The topological polar surface area (TPSA) is 85.2 Å². The number of carboxylic acid groups (broad SMARTS) is 1. The van der Waals surface area contributed by atoms with Crippen LogP contribution < -0.4 is 14.2 Å². The molecule has 0 aromatic heterocycles. The molecule has 0 saturated heterocycles. The van der Waals surface area contributed by atoms with Crippen molar-refractivity contribution in [2.75, 3.05) is 13.2 Å². The lowest BCUT2D eigenvalue weighted by Crippen LogP contribution is -2.06. The van der Waals surface area contributed by atoms with E-state index in [1.54, 1.807) is 48.5 Å².